The molecule has 0 aliphatic carbocycles. The zero-order valence-corrected chi connectivity index (χ0v) is 11.4. The highest BCUT2D eigenvalue weighted by Crippen LogP contribution is 1.99. The number of ether oxygens (including phenoxy) is 1. The molecular weight excluding hydrogens is 240 g/mol. The van der Waals surface area contributed by atoms with Crippen LogP contribution in [0.4, 0.5) is 0 Å². The molecule has 108 valence electrons. The third-order valence-corrected chi connectivity index (χ3v) is 2.01. The molecule has 18 heavy (non-hydrogen) atoms. The minimum Gasteiger partial charge on any atom is -0.479 e. The Morgan fingerprint density at radius 3 is 1.89 bits per heavy atom. The molecule has 6 nitrogen and oxygen atoms in total. The van der Waals surface area contributed by atoms with Crippen molar-refractivity contribution in [3.05, 3.63) is 0 Å². The second-order valence-corrected chi connectivity index (χ2v) is 4.08. The third-order valence-electron chi connectivity index (χ3n) is 2.01. The monoisotopic (exact) mass is 264 g/mol. The summed E-state index contributed by atoms with van der Waals surface area (Å²) in [5.74, 6) is -1.86. The van der Waals surface area contributed by atoms with E-state index in [0.29, 0.717) is 13.0 Å². The van der Waals surface area contributed by atoms with Gasteiger partial charge in [0, 0.05) is 0 Å². The van der Waals surface area contributed by atoms with Gasteiger partial charge >= 0.3 is 11.9 Å². The van der Waals surface area contributed by atoms with E-state index in [4.69, 9.17) is 15.3 Å². The maximum Gasteiger partial charge on any atom is 0.334 e. The fraction of sp³-hybridized carbons (Fsp3) is 0.833. The number of aliphatic hydroxyl groups excluding tert-OH is 2. The summed E-state index contributed by atoms with van der Waals surface area (Å²) in [4.78, 5) is 20.6. The Morgan fingerprint density at radius 2 is 1.67 bits per heavy atom. The summed E-state index contributed by atoms with van der Waals surface area (Å²) in [5.41, 5.74) is 0. The van der Waals surface area contributed by atoms with Gasteiger partial charge in [-0.1, -0.05) is 27.2 Å². The van der Waals surface area contributed by atoms with E-state index in [-0.39, 0.29) is 5.92 Å². The number of hydrogen-bond donors (Lipinski definition) is 3. The van der Waals surface area contributed by atoms with Crippen LogP contribution in [0.2, 0.25) is 0 Å². The SMILES string of the molecule is CC(C)C(O)C(=O)O.CCCC(O)C(=O)OCC. The van der Waals surface area contributed by atoms with E-state index in [1.54, 1.807) is 20.8 Å². The Labute approximate surface area is 108 Å². The van der Waals surface area contributed by atoms with Gasteiger partial charge in [-0.15, -0.1) is 0 Å². The number of carbonyl (C=O) groups excluding carboxylic acids is 1. The summed E-state index contributed by atoms with van der Waals surface area (Å²) < 4.78 is 4.57. The molecule has 0 amide bonds. The van der Waals surface area contributed by atoms with E-state index in [2.05, 4.69) is 4.74 Å². The minimum absolute atomic E-state index is 0.201. The number of rotatable bonds is 6. The van der Waals surface area contributed by atoms with Crippen LogP contribution in [0, 0.1) is 5.92 Å². The van der Waals surface area contributed by atoms with E-state index >= 15 is 0 Å². The summed E-state index contributed by atoms with van der Waals surface area (Å²) >= 11 is 0. The van der Waals surface area contributed by atoms with Gasteiger partial charge in [-0.05, 0) is 19.3 Å². The molecule has 0 rings (SSSR count). The number of carboxylic acids is 1. The van der Waals surface area contributed by atoms with Crippen molar-refractivity contribution in [1.29, 1.82) is 0 Å². The van der Waals surface area contributed by atoms with E-state index in [0.717, 1.165) is 6.42 Å². The average Bonchev–Trinajstić information content (AvgIpc) is 2.29. The minimum atomic E-state index is -1.21. The Bertz CT molecular complexity index is 239. The van der Waals surface area contributed by atoms with Crippen LogP contribution in [0.1, 0.15) is 40.5 Å². The van der Waals surface area contributed by atoms with Gasteiger partial charge in [-0.2, -0.15) is 0 Å². The number of aliphatic carboxylic acids is 1. The van der Waals surface area contributed by atoms with Gasteiger partial charge < -0.3 is 20.1 Å². The van der Waals surface area contributed by atoms with Gasteiger partial charge in [-0.3, -0.25) is 0 Å². The topological polar surface area (TPSA) is 104 Å². The van der Waals surface area contributed by atoms with Crippen molar-refractivity contribution in [2.24, 2.45) is 5.92 Å². The molecule has 0 saturated carbocycles. The second-order valence-electron chi connectivity index (χ2n) is 4.08. The van der Waals surface area contributed by atoms with Crippen molar-refractivity contribution < 1.29 is 29.6 Å². The quantitative estimate of drug-likeness (QED) is 0.613. The maximum absolute atomic E-state index is 10.7. The summed E-state index contributed by atoms with van der Waals surface area (Å²) in [6, 6.07) is 0. The Hall–Kier alpha value is -1.14. The van der Waals surface area contributed by atoms with Crippen molar-refractivity contribution >= 4 is 11.9 Å². The van der Waals surface area contributed by atoms with E-state index < -0.39 is 24.1 Å². The highest BCUT2D eigenvalue weighted by Gasteiger charge is 2.16. The van der Waals surface area contributed by atoms with Crippen molar-refractivity contribution in [2.75, 3.05) is 6.61 Å². The van der Waals surface area contributed by atoms with Gasteiger partial charge in [0.05, 0.1) is 6.61 Å². The van der Waals surface area contributed by atoms with Gasteiger partial charge in [0.15, 0.2) is 12.2 Å². The van der Waals surface area contributed by atoms with E-state index in [9.17, 15) is 9.59 Å². The molecule has 0 spiro atoms. The van der Waals surface area contributed by atoms with Crippen molar-refractivity contribution in [3.63, 3.8) is 0 Å². The lowest BCUT2D eigenvalue weighted by atomic mass is 10.1. The van der Waals surface area contributed by atoms with Crippen LogP contribution in [0.25, 0.3) is 0 Å². The van der Waals surface area contributed by atoms with Crippen molar-refractivity contribution in [2.45, 2.75) is 52.7 Å². The number of carbonyl (C=O) groups is 2. The lowest BCUT2D eigenvalue weighted by Gasteiger charge is -2.06. The fourth-order valence-electron chi connectivity index (χ4n) is 0.915. The standard InChI is InChI=1S/C7H14O3.C5H10O3/c1-3-5-6(8)7(9)10-4-2;1-3(2)4(6)5(7)8/h6,8H,3-5H2,1-2H3;3-4,6H,1-2H3,(H,7,8). The van der Waals surface area contributed by atoms with Crippen LogP contribution >= 0.6 is 0 Å². The zero-order valence-electron chi connectivity index (χ0n) is 11.4. The van der Waals surface area contributed by atoms with Crippen molar-refractivity contribution in [3.8, 4) is 0 Å². The first-order valence-electron chi connectivity index (χ1n) is 6.03. The first kappa shape index (κ1) is 19.2. The van der Waals surface area contributed by atoms with Crippen LogP contribution in [-0.2, 0) is 14.3 Å². The molecule has 2 atom stereocenters. The fourth-order valence-corrected chi connectivity index (χ4v) is 0.915. The van der Waals surface area contributed by atoms with Crippen LogP contribution in [-0.4, -0.2) is 46.1 Å². The lowest BCUT2D eigenvalue weighted by Crippen LogP contribution is -2.25. The number of hydrogen-bond acceptors (Lipinski definition) is 5. The summed E-state index contributed by atoms with van der Waals surface area (Å²) in [6.45, 7) is 7.26. The summed E-state index contributed by atoms with van der Waals surface area (Å²) in [6.07, 6.45) is -0.862. The maximum atomic E-state index is 10.7. The Kier molecular flexibility index (Phi) is 11.7. The van der Waals surface area contributed by atoms with Gasteiger partial charge in [0.2, 0.25) is 0 Å². The molecule has 0 heterocycles. The largest absolute Gasteiger partial charge is 0.479 e. The highest BCUT2D eigenvalue weighted by molar-refractivity contribution is 5.74. The van der Waals surface area contributed by atoms with Gasteiger partial charge in [0.1, 0.15) is 0 Å². The smallest absolute Gasteiger partial charge is 0.334 e. The predicted octanol–water partition coefficient (Wildman–Crippen LogP) is 0.798. The molecule has 0 fully saturated rings. The van der Waals surface area contributed by atoms with Gasteiger partial charge in [-0.25, -0.2) is 9.59 Å². The normalized spacial score (nSPS) is 13.3. The molecule has 0 saturated heterocycles. The molecule has 2 unspecified atom stereocenters. The molecule has 0 bridgehead atoms. The van der Waals surface area contributed by atoms with Crippen LogP contribution in [0.3, 0.4) is 0 Å². The zero-order chi connectivity index (χ0) is 14.7. The second kappa shape index (κ2) is 11.0. The molecule has 3 N–H and O–H groups in total. The predicted molar refractivity (Wildman–Crippen MR) is 66.0 cm³/mol. The Balaban J connectivity index is 0. The van der Waals surface area contributed by atoms with Gasteiger partial charge in [0.25, 0.3) is 0 Å². The first-order valence-corrected chi connectivity index (χ1v) is 6.03. The molecule has 0 aliphatic heterocycles. The van der Waals surface area contributed by atoms with Crippen molar-refractivity contribution in [1.82, 2.24) is 0 Å². The van der Waals surface area contributed by atoms with Crippen LogP contribution in [0.5, 0.6) is 0 Å². The molecule has 0 aromatic carbocycles. The third kappa shape index (κ3) is 10.0. The molecule has 0 aromatic heterocycles. The molecule has 0 aromatic rings. The first-order chi connectivity index (χ1) is 8.27. The molecule has 6 heteroatoms. The molecule has 0 aliphatic rings. The van der Waals surface area contributed by atoms with E-state index in [1.165, 1.54) is 0 Å². The number of aliphatic hydroxyl groups is 2. The van der Waals surface area contributed by atoms with Crippen LogP contribution in [0.15, 0.2) is 0 Å². The average molecular weight is 264 g/mol. The lowest BCUT2D eigenvalue weighted by molar-refractivity contribution is -0.153. The van der Waals surface area contributed by atoms with Crippen LogP contribution < -0.4 is 0 Å². The summed E-state index contributed by atoms with van der Waals surface area (Å²) in [5, 5.41) is 25.7. The summed E-state index contributed by atoms with van der Waals surface area (Å²) in [7, 11) is 0. The Morgan fingerprint density at radius 1 is 1.17 bits per heavy atom. The highest BCUT2D eigenvalue weighted by atomic mass is 16.5. The number of esters is 1. The molecular formula is C12H24O6. The van der Waals surface area contributed by atoms with E-state index in [1.807, 2.05) is 6.92 Å². The number of carboxylic acid groups (broad SMARTS) is 1. The molecule has 0 radical (unpaired) electrons.